The second kappa shape index (κ2) is 10.7. The zero-order valence-corrected chi connectivity index (χ0v) is 16.1. The van der Waals surface area contributed by atoms with Crippen molar-refractivity contribution in [2.24, 2.45) is 16.6 Å². The molecule has 1 atom stereocenters. The molecule has 158 valence electrons. The molecule has 0 radical (unpaired) electrons. The summed E-state index contributed by atoms with van der Waals surface area (Å²) in [5.41, 5.74) is 12.4. The lowest BCUT2D eigenvalue weighted by molar-refractivity contribution is -0.485. The van der Waals surface area contributed by atoms with Gasteiger partial charge < -0.3 is 16.6 Å². The van der Waals surface area contributed by atoms with Crippen LogP contribution in [0.3, 0.4) is 0 Å². The third-order valence-electron chi connectivity index (χ3n) is 4.46. The van der Waals surface area contributed by atoms with E-state index in [1.54, 1.807) is 60.7 Å². The molecule has 0 aromatic heterocycles. The van der Waals surface area contributed by atoms with Crippen molar-refractivity contribution in [3.05, 3.63) is 81.9 Å². The Kier molecular flexibility index (Phi) is 8.00. The average Bonchev–Trinajstić information content (AvgIpc) is 2.72. The number of amides is 1. The van der Waals surface area contributed by atoms with E-state index in [9.17, 15) is 24.8 Å². The summed E-state index contributed by atoms with van der Waals surface area (Å²) < 4.78 is 0. The van der Waals surface area contributed by atoms with Gasteiger partial charge in [0.15, 0.2) is 5.03 Å². The lowest BCUT2D eigenvalue weighted by atomic mass is 9.89. The molecular weight excluding hydrogens is 390 g/mol. The zero-order valence-electron chi connectivity index (χ0n) is 16.1. The highest BCUT2D eigenvalue weighted by Gasteiger charge is 2.38. The van der Waals surface area contributed by atoms with Gasteiger partial charge in [-0.2, -0.15) is 0 Å². The van der Waals surface area contributed by atoms with E-state index in [4.69, 9.17) is 11.5 Å². The van der Waals surface area contributed by atoms with Crippen molar-refractivity contribution in [2.45, 2.75) is 24.8 Å². The van der Waals surface area contributed by atoms with E-state index in [-0.39, 0.29) is 19.4 Å². The SMILES string of the molecule is NCCCC(C(=O)O)N(C(=O)C(c1ccccc1)c1ccccc1)/C(N)=N\[N+](=O)[O-]. The van der Waals surface area contributed by atoms with Crippen LogP contribution in [0, 0.1) is 10.1 Å². The molecule has 0 aliphatic carbocycles. The van der Waals surface area contributed by atoms with Gasteiger partial charge in [0, 0.05) is 0 Å². The minimum atomic E-state index is -1.46. The predicted molar refractivity (Wildman–Crippen MR) is 110 cm³/mol. The Balaban J connectivity index is 2.62. The van der Waals surface area contributed by atoms with Crippen LogP contribution in [0.1, 0.15) is 29.9 Å². The van der Waals surface area contributed by atoms with Crippen LogP contribution in [0.25, 0.3) is 0 Å². The molecule has 0 fully saturated rings. The van der Waals surface area contributed by atoms with Gasteiger partial charge in [-0.05, 0) is 30.5 Å². The first-order valence-corrected chi connectivity index (χ1v) is 9.21. The third kappa shape index (κ3) is 5.61. The number of rotatable bonds is 9. The topological polar surface area (TPSA) is 165 Å². The fraction of sp³-hybridized carbons (Fsp3) is 0.250. The van der Waals surface area contributed by atoms with Crippen molar-refractivity contribution in [2.75, 3.05) is 6.54 Å². The number of hydrogen-bond acceptors (Lipinski definition) is 5. The molecule has 0 saturated heterocycles. The molecule has 2 aromatic carbocycles. The van der Waals surface area contributed by atoms with Gasteiger partial charge in [0.05, 0.1) is 5.92 Å². The fourth-order valence-corrected chi connectivity index (χ4v) is 3.14. The third-order valence-corrected chi connectivity index (χ3v) is 4.46. The molecule has 0 aliphatic rings. The maximum atomic E-state index is 13.6. The summed E-state index contributed by atoms with van der Waals surface area (Å²) in [5.74, 6) is -3.84. The molecule has 10 nitrogen and oxygen atoms in total. The van der Waals surface area contributed by atoms with E-state index in [2.05, 4.69) is 5.10 Å². The molecule has 2 rings (SSSR count). The highest BCUT2D eigenvalue weighted by Crippen LogP contribution is 2.28. The summed E-state index contributed by atoms with van der Waals surface area (Å²) in [7, 11) is 0. The molecule has 1 unspecified atom stereocenters. The molecular formula is C20H23N5O5. The molecule has 0 saturated carbocycles. The number of hydrogen-bond donors (Lipinski definition) is 3. The highest BCUT2D eigenvalue weighted by molar-refractivity contribution is 6.03. The summed E-state index contributed by atoms with van der Waals surface area (Å²) in [6.45, 7) is 0.179. The minimum Gasteiger partial charge on any atom is -0.480 e. The van der Waals surface area contributed by atoms with Crippen LogP contribution < -0.4 is 11.5 Å². The Labute approximate surface area is 172 Å². The van der Waals surface area contributed by atoms with Crippen LogP contribution in [0.2, 0.25) is 0 Å². The molecule has 5 N–H and O–H groups in total. The number of carboxylic acid groups (broad SMARTS) is 1. The number of aliphatic carboxylic acids is 1. The van der Waals surface area contributed by atoms with Crippen LogP contribution in [-0.4, -0.2) is 45.5 Å². The number of carbonyl (C=O) groups excluding carboxylic acids is 1. The molecule has 1 amide bonds. The van der Waals surface area contributed by atoms with Crippen LogP contribution in [-0.2, 0) is 9.59 Å². The average molecular weight is 413 g/mol. The van der Waals surface area contributed by atoms with Gasteiger partial charge in [-0.25, -0.2) is 14.9 Å². The van der Waals surface area contributed by atoms with Crippen molar-refractivity contribution in [1.29, 1.82) is 0 Å². The first-order valence-electron chi connectivity index (χ1n) is 9.21. The van der Waals surface area contributed by atoms with Crippen LogP contribution in [0.4, 0.5) is 0 Å². The largest absolute Gasteiger partial charge is 0.480 e. The number of nitrogens with two attached hydrogens (primary N) is 2. The second-order valence-corrected chi connectivity index (χ2v) is 6.44. The highest BCUT2D eigenvalue weighted by atomic mass is 16.7. The van der Waals surface area contributed by atoms with Crippen LogP contribution >= 0.6 is 0 Å². The van der Waals surface area contributed by atoms with Gasteiger partial charge >= 0.3 is 5.97 Å². The van der Waals surface area contributed by atoms with Crippen molar-refractivity contribution < 1.29 is 19.7 Å². The first kappa shape index (κ1) is 22.5. The van der Waals surface area contributed by atoms with E-state index in [1.807, 2.05) is 0 Å². The zero-order chi connectivity index (χ0) is 22.1. The van der Waals surface area contributed by atoms with Gasteiger partial charge in [-0.1, -0.05) is 60.7 Å². The van der Waals surface area contributed by atoms with Gasteiger partial charge in [-0.15, -0.1) is 0 Å². The predicted octanol–water partition coefficient (Wildman–Crippen LogP) is 1.35. The number of hydrazone groups is 1. The van der Waals surface area contributed by atoms with Crippen molar-refractivity contribution in [3.8, 4) is 0 Å². The minimum absolute atomic E-state index is 0.0399. The number of carboxylic acids is 1. The maximum absolute atomic E-state index is 13.6. The number of nitro groups is 1. The Bertz CT molecular complexity index is 865. The second-order valence-electron chi connectivity index (χ2n) is 6.44. The molecule has 30 heavy (non-hydrogen) atoms. The molecule has 2 aromatic rings. The molecule has 10 heteroatoms. The Morgan fingerprint density at radius 2 is 1.57 bits per heavy atom. The smallest absolute Gasteiger partial charge is 0.326 e. The number of nitrogens with zero attached hydrogens (tertiary/aromatic N) is 3. The molecule has 0 heterocycles. The summed E-state index contributed by atoms with van der Waals surface area (Å²) in [4.78, 5) is 37.1. The van der Waals surface area contributed by atoms with Gasteiger partial charge in [0.1, 0.15) is 11.1 Å². The van der Waals surface area contributed by atoms with E-state index in [0.717, 1.165) is 0 Å². The molecule has 0 aliphatic heterocycles. The maximum Gasteiger partial charge on any atom is 0.326 e. The number of guanidine groups is 1. The van der Waals surface area contributed by atoms with E-state index in [1.165, 1.54) is 0 Å². The Morgan fingerprint density at radius 1 is 1.07 bits per heavy atom. The van der Waals surface area contributed by atoms with Gasteiger partial charge in [0.2, 0.25) is 5.91 Å². The van der Waals surface area contributed by atoms with Crippen molar-refractivity contribution >= 4 is 17.8 Å². The normalized spacial score (nSPS) is 12.4. The van der Waals surface area contributed by atoms with Crippen LogP contribution in [0.5, 0.6) is 0 Å². The number of carbonyl (C=O) groups is 2. The summed E-state index contributed by atoms with van der Waals surface area (Å²) >= 11 is 0. The Hall–Kier alpha value is -3.79. The monoisotopic (exact) mass is 413 g/mol. The van der Waals surface area contributed by atoms with Gasteiger partial charge in [-0.3, -0.25) is 9.69 Å². The van der Waals surface area contributed by atoms with Crippen molar-refractivity contribution in [1.82, 2.24) is 4.90 Å². The molecule has 0 spiro atoms. The number of benzene rings is 2. The fourth-order valence-electron chi connectivity index (χ4n) is 3.14. The lowest BCUT2D eigenvalue weighted by Gasteiger charge is -2.30. The Morgan fingerprint density at radius 3 is 1.97 bits per heavy atom. The van der Waals surface area contributed by atoms with E-state index in [0.29, 0.717) is 16.0 Å². The standard InChI is InChI=1S/C20H23N5O5/c21-13-7-12-16(19(27)28)24(20(22)23-25(29)30)18(26)17(14-8-3-1-4-9-14)15-10-5-2-6-11-15/h1-6,8-11,16-17H,7,12-13,21H2,(H2,22,23)(H,27,28). The summed E-state index contributed by atoms with van der Waals surface area (Å²) in [5, 5.41) is 22.5. The van der Waals surface area contributed by atoms with E-state index >= 15 is 0 Å². The summed E-state index contributed by atoms with van der Waals surface area (Å²) in [6, 6.07) is 15.9. The summed E-state index contributed by atoms with van der Waals surface area (Å²) in [6.07, 6.45) is 0.232. The molecule has 0 bridgehead atoms. The van der Waals surface area contributed by atoms with Gasteiger partial charge in [0.25, 0.3) is 5.96 Å². The first-order chi connectivity index (χ1) is 14.4. The van der Waals surface area contributed by atoms with Crippen molar-refractivity contribution in [3.63, 3.8) is 0 Å². The van der Waals surface area contributed by atoms with E-state index < -0.39 is 34.8 Å². The quantitative estimate of drug-likeness (QED) is 0.241. The van der Waals surface area contributed by atoms with Crippen LogP contribution in [0.15, 0.2) is 65.8 Å². The lowest BCUT2D eigenvalue weighted by Crippen LogP contribution is -2.53.